The molecule has 4 nitrogen and oxygen atoms in total. The maximum Gasteiger partial charge on any atom is 0.210 e. The molecule has 1 aliphatic heterocycles. The molecule has 1 atom stereocenters. The Hall–Kier alpha value is -4.87. The average molecular weight is 519 g/mol. The number of anilines is 1. The third-order valence-electron chi connectivity index (χ3n) is 7.99. The van der Waals surface area contributed by atoms with Gasteiger partial charge in [0, 0.05) is 31.6 Å². The molecule has 0 fully saturated rings. The Morgan fingerprint density at radius 3 is 1.59 bits per heavy atom. The quantitative estimate of drug-likeness (QED) is 0.231. The number of nitrogens with zero attached hydrogens (tertiary/aromatic N) is 3. The van der Waals surface area contributed by atoms with Crippen molar-refractivity contribution in [2.24, 2.45) is 4.99 Å². The minimum absolute atomic E-state index is 0.210. The molecule has 0 aliphatic carbocycles. The van der Waals surface area contributed by atoms with Crippen molar-refractivity contribution in [1.82, 2.24) is 9.13 Å². The molecule has 0 amide bonds. The normalized spacial score (nSPS) is 15.3. The van der Waals surface area contributed by atoms with E-state index in [4.69, 9.17) is 4.99 Å². The van der Waals surface area contributed by atoms with Gasteiger partial charge in [-0.15, -0.1) is 11.3 Å². The third kappa shape index (κ3) is 2.85. The minimum atomic E-state index is -0.210. The summed E-state index contributed by atoms with van der Waals surface area (Å²) in [6.45, 7) is 0. The topological polar surface area (TPSA) is 34.2 Å². The van der Waals surface area contributed by atoms with E-state index in [1.54, 1.807) is 0 Å². The van der Waals surface area contributed by atoms with Gasteiger partial charge in [-0.05, 0) is 30.3 Å². The van der Waals surface area contributed by atoms with E-state index < -0.39 is 0 Å². The van der Waals surface area contributed by atoms with Crippen molar-refractivity contribution >= 4 is 76.7 Å². The Labute approximate surface area is 228 Å². The van der Waals surface area contributed by atoms with Crippen LogP contribution in [0.5, 0.6) is 0 Å². The van der Waals surface area contributed by atoms with Crippen LogP contribution in [0.2, 0.25) is 0 Å². The van der Waals surface area contributed by atoms with Gasteiger partial charge in [-0.3, -0.25) is 4.57 Å². The summed E-state index contributed by atoms with van der Waals surface area (Å²) >= 11 is 1.83. The maximum atomic E-state index is 5.55. The molecule has 4 heterocycles. The van der Waals surface area contributed by atoms with E-state index in [0.717, 1.165) is 22.7 Å². The zero-order valence-electron chi connectivity index (χ0n) is 20.9. The Morgan fingerprint density at radius 1 is 0.538 bits per heavy atom. The number of nitrogens with one attached hydrogen (secondary N) is 1. The van der Waals surface area contributed by atoms with Crippen molar-refractivity contribution < 1.29 is 0 Å². The highest BCUT2D eigenvalue weighted by Crippen LogP contribution is 2.46. The SMILES string of the molecule is c1ccc2c3c(sc2c1)C(n1c2ccccc2c2ccccc21)N=C(n1c2ccccc2c2ccccc21)N3. The van der Waals surface area contributed by atoms with Crippen LogP contribution in [0.15, 0.2) is 126 Å². The summed E-state index contributed by atoms with van der Waals surface area (Å²) in [4.78, 5) is 6.77. The summed E-state index contributed by atoms with van der Waals surface area (Å²) in [7, 11) is 0. The van der Waals surface area contributed by atoms with Crippen LogP contribution < -0.4 is 5.32 Å². The fraction of sp³-hybridized carbons (Fsp3) is 0.0294. The van der Waals surface area contributed by atoms with Gasteiger partial charge in [-0.1, -0.05) is 91.0 Å². The largest absolute Gasteiger partial charge is 0.324 e. The van der Waals surface area contributed by atoms with Crippen LogP contribution in [-0.4, -0.2) is 15.1 Å². The van der Waals surface area contributed by atoms with Crippen LogP contribution in [0, 0.1) is 0 Å². The van der Waals surface area contributed by atoms with Crippen LogP contribution in [0.1, 0.15) is 11.0 Å². The van der Waals surface area contributed by atoms with Gasteiger partial charge in [-0.25, -0.2) is 4.99 Å². The second kappa shape index (κ2) is 7.82. The van der Waals surface area contributed by atoms with E-state index in [-0.39, 0.29) is 6.17 Å². The van der Waals surface area contributed by atoms with Gasteiger partial charge < -0.3 is 9.88 Å². The first-order valence-corrected chi connectivity index (χ1v) is 14.0. The van der Waals surface area contributed by atoms with E-state index in [0.29, 0.717) is 0 Å². The monoisotopic (exact) mass is 518 g/mol. The number of rotatable bonds is 1. The van der Waals surface area contributed by atoms with Crippen molar-refractivity contribution in [2.75, 3.05) is 5.32 Å². The van der Waals surface area contributed by atoms with Crippen molar-refractivity contribution in [1.29, 1.82) is 0 Å². The highest BCUT2D eigenvalue weighted by molar-refractivity contribution is 7.20. The van der Waals surface area contributed by atoms with Crippen LogP contribution in [0.25, 0.3) is 53.7 Å². The summed E-state index contributed by atoms with van der Waals surface area (Å²) in [5.41, 5.74) is 5.83. The Morgan fingerprint density at radius 2 is 1.00 bits per heavy atom. The summed E-state index contributed by atoms with van der Waals surface area (Å²) in [6.07, 6.45) is -0.210. The Bertz CT molecular complexity index is 2170. The lowest BCUT2D eigenvalue weighted by molar-refractivity contribution is 0.660. The van der Waals surface area contributed by atoms with Gasteiger partial charge in [-0.2, -0.15) is 0 Å². The second-order valence-electron chi connectivity index (χ2n) is 10.1. The van der Waals surface area contributed by atoms with Gasteiger partial charge in [0.15, 0.2) is 6.17 Å². The summed E-state index contributed by atoms with van der Waals surface area (Å²) in [6, 6.07) is 43.3. The molecule has 0 bridgehead atoms. The highest BCUT2D eigenvalue weighted by Gasteiger charge is 2.31. The number of thiophene rings is 1. The lowest BCUT2D eigenvalue weighted by Gasteiger charge is -2.26. The molecular weight excluding hydrogens is 496 g/mol. The molecule has 1 N–H and O–H groups in total. The Balaban J connectivity index is 1.41. The molecule has 1 unspecified atom stereocenters. The number of hydrogen-bond donors (Lipinski definition) is 1. The molecule has 9 rings (SSSR count). The molecule has 39 heavy (non-hydrogen) atoms. The van der Waals surface area contributed by atoms with Crippen LogP contribution in [0.4, 0.5) is 5.69 Å². The molecule has 1 aliphatic rings. The standard InChI is InChI=1S/C34H22N4S/c1-6-16-26-21(11-1)22-12-2-7-17-27(22)37(26)33-32-31(25-15-5-10-20-30(25)39-32)35-34(36-33)38-28-18-8-3-13-23(28)24-14-4-9-19-29(24)38/h1-20,33H,(H,35,36). The molecule has 0 spiro atoms. The van der Waals surface area contributed by atoms with E-state index in [9.17, 15) is 0 Å². The molecule has 0 radical (unpaired) electrons. The number of benzene rings is 5. The number of aliphatic imine (C=N–C) groups is 1. The molecule has 5 heteroatoms. The third-order valence-corrected chi connectivity index (χ3v) is 9.20. The summed E-state index contributed by atoms with van der Waals surface area (Å²) in [5, 5.41) is 10.0. The van der Waals surface area contributed by atoms with Crippen LogP contribution in [0.3, 0.4) is 0 Å². The Kier molecular flexibility index (Phi) is 4.23. The second-order valence-corrected chi connectivity index (χ2v) is 11.1. The smallest absolute Gasteiger partial charge is 0.210 e. The molecular formula is C34H22N4S. The van der Waals surface area contributed by atoms with Crippen molar-refractivity contribution in [3.8, 4) is 0 Å². The summed E-state index contributed by atoms with van der Waals surface area (Å²) in [5.74, 6) is 0.843. The number of fused-ring (bicyclic) bond motifs is 9. The number of aromatic nitrogens is 2. The van der Waals surface area contributed by atoms with E-state index in [2.05, 4.69) is 136 Å². The first-order valence-electron chi connectivity index (χ1n) is 13.2. The molecule has 184 valence electrons. The molecule has 5 aromatic carbocycles. The fourth-order valence-electron chi connectivity index (χ4n) is 6.35. The van der Waals surface area contributed by atoms with Crippen molar-refractivity contribution in [2.45, 2.75) is 6.17 Å². The van der Waals surface area contributed by atoms with E-state index in [1.807, 2.05) is 11.3 Å². The van der Waals surface area contributed by atoms with Gasteiger partial charge in [0.2, 0.25) is 5.96 Å². The minimum Gasteiger partial charge on any atom is -0.324 e. The fourth-order valence-corrected chi connectivity index (χ4v) is 7.54. The zero-order valence-corrected chi connectivity index (χ0v) is 21.7. The molecule has 8 aromatic rings. The highest BCUT2D eigenvalue weighted by atomic mass is 32.1. The average Bonchev–Trinajstić information content (AvgIpc) is 3.65. The predicted molar refractivity (Wildman–Crippen MR) is 165 cm³/mol. The molecule has 0 saturated heterocycles. The van der Waals surface area contributed by atoms with E-state index in [1.165, 1.54) is 47.5 Å². The zero-order chi connectivity index (χ0) is 25.5. The van der Waals surface area contributed by atoms with Crippen LogP contribution in [-0.2, 0) is 0 Å². The first kappa shape index (κ1) is 21.1. The lowest BCUT2D eigenvalue weighted by atomic mass is 10.2. The lowest BCUT2D eigenvalue weighted by Crippen LogP contribution is -2.28. The van der Waals surface area contributed by atoms with E-state index >= 15 is 0 Å². The number of para-hydroxylation sites is 4. The maximum absolute atomic E-state index is 5.55. The van der Waals surface area contributed by atoms with Gasteiger partial charge in [0.05, 0.1) is 32.6 Å². The van der Waals surface area contributed by atoms with Crippen molar-refractivity contribution in [3.63, 3.8) is 0 Å². The van der Waals surface area contributed by atoms with Crippen LogP contribution >= 0.6 is 11.3 Å². The van der Waals surface area contributed by atoms with Gasteiger partial charge >= 0.3 is 0 Å². The summed E-state index contributed by atoms with van der Waals surface area (Å²) < 4.78 is 5.98. The van der Waals surface area contributed by atoms with Gasteiger partial charge in [0.1, 0.15) is 0 Å². The number of hydrogen-bond acceptors (Lipinski definition) is 3. The van der Waals surface area contributed by atoms with Crippen molar-refractivity contribution in [3.05, 3.63) is 126 Å². The van der Waals surface area contributed by atoms with Gasteiger partial charge in [0.25, 0.3) is 0 Å². The predicted octanol–water partition coefficient (Wildman–Crippen LogP) is 8.99. The molecule has 3 aromatic heterocycles. The first-order chi connectivity index (χ1) is 19.4. The molecule has 0 saturated carbocycles.